The van der Waals surface area contributed by atoms with Crippen LogP contribution in [0.15, 0.2) is 72.8 Å². The minimum absolute atomic E-state index is 0.0334. The number of hydrogen-bond donors (Lipinski definition) is 0. The predicted molar refractivity (Wildman–Crippen MR) is 150 cm³/mol. The van der Waals surface area contributed by atoms with Crippen molar-refractivity contribution in [2.45, 2.75) is 57.4 Å². The maximum absolute atomic E-state index is 11.7. The van der Waals surface area contributed by atoms with E-state index in [-0.39, 0.29) is 17.6 Å². The molecule has 0 fully saturated rings. The van der Waals surface area contributed by atoms with Crippen molar-refractivity contribution in [2.75, 3.05) is 12.9 Å². The lowest BCUT2D eigenvalue weighted by molar-refractivity contribution is 0.324. The summed E-state index contributed by atoms with van der Waals surface area (Å²) in [5, 5.41) is 11.6. The number of nitrogens with zero attached hydrogens (tertiary/aromatic N) is 1. The minimum Gasteiger partial charge on any atom is -0.534 e. The van der Waals surface area contributed by atoms with Crippen molar-refractivity contribution in [3.8, 4) is 11.8 Å². The average Bonchev–Trinajstić information content (AvgIpc) is 3.26. The Kier molecular flexibility index (Phi) is 7.93. The molecule has 0 bridgehead atoms. The van der Waals surface area contributed by atoms with Gasteiger partial charge in [-0.3, -0.25) is 4.18 Å². The summed E-state index contributed by atoms with van der Waals surface area (Å²) in [4.78, 5) is 0. The zero-order chi connectivity index (χ0) is 26.7. The highest BCUT2D eigenvalue weighted by Crippen LogP contribution is 2.44. The van der Waals surface area contributed by atoms with Gasteiger partial charge in [0.15, 0.2) is 0 Å². The van der Waals surface area contributed by atoms with Gasteiger partial charge in [0.1, 0.15) is 5.75 Å². The molecule has 4 rings (SSSR count). The molecule has 1 atom stereocenters. The van der Waals surface area contributed by atoms with E-state index < -0.39 is 18.4 Å². The van der Waals surface area contributed by atoms with Gasteiger partial charge in [-0.25, -0.2) is 0 Å². The molecule has 194 valence electrons. The Labute approximate surface area is 222 Å². The Balaban J connectivity index is 1.92. The van der Waals surface area contributed by atoms with Crippen molar-refractivity contribution in [1.29, 1.82) is 5.26 Å². The van der Waals surface area contributed by atoms with E-state index in [9.17, 15) is 13.7 Å². The molecule has 1 aliphatic rings. The van der Waals surface area contributed by atoms with Crippen molar-refractivity contribution >= 4 is 28.8 Å². The van der Waals surface area contributed by atoms with Crippen LogP contribution in [0.25, 0.3) is 0 Å². The van der Waals surface area contributed by atoms with Crippen molar-refractivity contribution in [3.63, 3.8) is 0 Å². The molecule has 0 radical (unpaired) electrons. The zero-order valence-corrected chi connectivity index (χ0v) is 23.8. The molecule has 0 heterocycles. The molecule has 0 unspecified atom stereocenters. The largest absolute Gasteiger partial charge is 0.534 e. The first kappa shape index (κ1) is 27.1. The highest BCUT2D eigenvalue weighted by Gasteiger charge is 2.52. The lowest BCUT2D eigenvalue weighted by Crippen LogP contribution is -2.69. The van der Waals surface area contributed by atoms with Gasteiger partial charge in [-0.1, -0.05) is 87.5 Å². The van der Waals surface area contributed by atoms with Gasteiger partial charge in [0.2, 0.25) is 0 Å². The van der Waals surface area contributed by atoms with Crippen LogP contribution in [0.2, 0.25) is 5.04 Å². The maximum atomic E-state index is 11.7. The Morgan fingerprint density at radius 1 is 0.973 bits per heavy atom. The smallest absolute Gasteiger partial charge is 0.319 e. The first-order valence-corrected chi connectivity index (χ1v) is 16.5. The number of nitriles is 1. The van der Waals surface area contributed by atoms with Crippen LogP contribution in [0.4, 0.5) is 0 Å². The van der Waals surface area contributed by atoms with Crippen LogP contribution in [-0.4, -0.2) is 29.6 Å². The second-order valence-electron chi connectivity index (χ2n) is 10.8. The van der Waals surface area contributed by atoms with Crippen LogP contribution >= 0.6 is 0 Å². The summed E-state index contributed by atoms with van der Waals surface area (Å²) < 4.78 is 36.0. The molecule has 0 aromatic heterocycles. The Morgan fingerprint density at radius 2 is 1.57 bits per heavy atom. The molecule has 7 heteroatoms. The Bertz CT molecular complexity index is 1340. The normalized spacial score (nSPS) is 15.7. The van der Waals surface area contributed by atoms with Gasteiger partial charge in [-0.2, -0.15) is 13.7 Å². The summed E-state index contributed by atoms with van der Waals surface area (Å²) in [6.45, 7) is 6.73. The van der Waals surface area contributed by atoms with Crippen LogP contribution in [0.1, 0.15) is 56.2 Å². The van der Waals surface area contributed by atoms with Gasteiger partial charge >= 0.3 is 8.32 Å². The summed E-state index contributed by atoms with van der Waals surface area (Å²) in [6, 6.07) is 27.4. The molecule has 0 N–H and O–H groups in total. The quantitative estimate of drug-likeness (QED) is 0.283. The highest BCUT2D eigenvalue weighted by atomic mass is 32.2. The van der Waals surface area contributed by atoms with E-state index in [2.05, 4.69) is 81.4 Å². The number of aryl methyl sites for hydroxylation is 1. The second kappa shape index (κ2) is 10.8. The summed E-state index contributed by atoms with van der Waals surface area (Å²) in [5.74, 6) is 0.867. The van der Waals surface area contributed by atoms with Crippen LogP contribution < -0.4 is 14.8 Å². The number of rotatable bonds is 9. The van der Waals surface area contributed by atoms with Crippen LogP contribution in [0.5, 0.6) is 5.75 Å². The maximum Gasteiger partial charge on any atom is 0.319 e. The zero-order valence-electron chi connectivity index (χ0n) is 22.0. The van der Waals surface area contributed by atoms with E-state index in [1.807, 2.05) is 18.2 Å². The fourth-order valence-electron chi connectivity index (χ4n) is 5.67. The predicted octanol–water partition coefficient (Wildman–Crippen LogP) is 5.09. The van der Waals surface area contributed by atoms with Crippen molar-refractivity contribution in [3.05, 3.63) is 89.5 Å². The van der Waals surface area contributed by atoms with Gasteiger partial charge in [0.05, 0.1) is 18.9 Å². The number of benzene rings is 3. The highest BCUT2D eigenvalue weighted by molar-refractivity contribution is 7.85. The lowest BCUT2D eigenvalue weighted by Gasteiger charge is -2.43. The summed E-state index contributed by atoms with van der Waals surface area (Å²) >= 11 is 0. The molecule has 0 saturated carbocycles. The molecule has 37 heavy (non-hydrogen) atoms. The van der Waals surface area contributed by atoms with Crippen molar-refractivity contribution in [1.82, 2.24) is 0 Å². The third-order valence-corrected chi connectivity index (χ3v) is 12.8. The fraction of sp³-hybridized carbons (Fsp3) is 0.367. The first-order chi connectivity index (χ1) is 17.6. The lowest BCUT2D eigenvalue weighted by atomic mass is 9.91. The molecule has 3 aromatic carbocycles. The van der Waals surface area contributed by atoms with Crippen LogP contribution in [0, 0.1) is 11.3 Å². The van der Waals surface area contributed by atoms with Crippen molar-refractivity contribution in [2.24, 2.45) is 0 Å². The molecule has 0 amide bonds. The second-order valence-corrected chi connectivity index (χ2v) is 16.6. The molecular formula is C30H35NO4SSi. The van der Waals surface area contributed by atoms with Gasteiger partial charge in [0, 0.05) is 12.8 Å². The topological polar surface area (TPSA) is 76.4 Å². The van der Waals surface area contributed by atoms with Gasteiger partial charge in [-0.05, 0) is 56.9 Å². The van der Waals surface area contributed by atoms with E-state index in [0.29, 0.717) is 12.8 Å². The van der Waals surface area contributed by atoms with Gasteiger partial charge in [-0.15, -0.1) is 0 Å². The molecule has 0 spiro atoms. The fourth-order valence-corrected chi connectivity index (χ4v) is 10.5. The number of hydrogen-bond acceptors (Lipinski definition) is 5. The monoisotopic (exact) mass is 533 g/mol. The van der Waals surface area contributed by atoms with E-state index in [4.69, 9.17) is 8.61 Å². The molecule has 3 aromatic rings. The summed E-state index contributed by atoms with van der Waals surface area (Å²) in [6.07, 6.45) is 3.70. The standard InChI is InChI=1S/C30H35NO4SSi/c1-30(2,3)37(25-11-7-5-8-12-25,26-13-9-6-10-14-26)35-28-18-17-23-15-16-24(19-21-31)29(23)27(28)20-22-34-36(4,32)33/h5-14,17-18,24H,15-16,19-20,22H2,1-4H3/t24-/m0/s1. The van der Waals surface area contributed by atoms with E-state index in [1.165, 1.54) is 15.9 Å². The third-order valence-electron chi connectivity index (χ3n) is 7.24. The van der Waals surface area contributed by atoms with E-state index >= 15 is 0 Å². The average molecular weight is 534 g/mol. The van der Waals surface area contributed by atoms with Crippen LogP contribution in [0.3, 0.4) is 0 Å². The van der Waals surface area contributed by atoms with E-state index in [1.54, 1.807) is 0 Å². The molecule has 0 saturated heterocycles. The third kappa shape index (κ3) is 5.67. The Hall–Kier alpha value is -2.92. The molecule has 1 aliphatic carbocycles. The minimum atomic E-state index is -3.57. The summed E-state index contributed by atoms with van der Waals surface area (Å²) in [7, 11) is -6.47. The van der Waals surface area contributed by atoms with Crippen molar-refractivity contribution < 1.29 is 17.0 Å². The van der Waals surface area contributed by atoms with E-state index in [0.717, 1.165) is 36.0 Å². The molecule has 0 aliphatic heterocycles. The molecule has 5 nitrogen and oxygen atoms in total. The SMILES string of the molecule is CC(C)(C)[Si](Oc1ccc2c(c1CCOS(C)(=O)=O)[C@H](CC#N)CC2)(c1ccccc1)c1ccccc1. The van der Waals surface area contributed by atoms with Gasteiger partial charge < -0.3 is 4.43 Å². The first-order valence-electron chi connectivity index (χ1n) is 12.7. The Morgan fingerprint density at radius 3 is 2.08 bits per heavy atom. The summed E-state index contributed by atoms with van der Waals surface area (Å²) in [5.41, 5.74) is 3.31. The number of fused-ring (bicyclic) bond motifs is 1. The molecular weight excluding hydrogens is 498 g/mol. The van der Waals surface area contributed by atoms with Gasteiger partial charge in [0.25, 0.3) is 10.1 Å². The van der Waals surface area contributed by atoms with Crippen LogP contribution in [-0.2, 0) is 27.1 Å².